The lowest BCUT2D eigenvalue weighted by molar-refractivity contribution is -0.122. The van der Waals surface area contributed by atoms with Crippen molar-refractivity contribution in [1.82, 2.24) is 19.9 Å². The van der Waals surface area contributed by atoms with Gasteiger partial charge in [-0.3, -0.25) is 9.59 Å². The van der Waals surface area contributed by atoms with Gasteiger partial charge < -0.3 is 14.9 Å². The molecule has 2 N–H and O–H groups in total. The topological polar surface area (TPSA) is 79.8 Å². The number of aromatic nitrogens is 3. The third-order valence-corrected chi connectivity index (χ3v) is 5.11. The Balaban J connectivity index is 1.71. The normalized spacial score (nSPS) is 12.6. The fourth-order valence-electron chi connectivity index (χ4n) is 2.80. The molecule has 0 saturated carbocycles. The number of rotatable bonds is 6. The molecule has 0 spiro atoms. The summed E-state index contributed by atoms with van der Waals surface area (Å²) >= 11 is 1.16. The summed E-state index contributed by atoms with van der Waals surface area (Å²) in [6.45, 7) is 6.36. The summed E-state index contributed by atoms with van der Waals surface area (Å²) in [5.74, 6) is 0.861. The van der Waals surface area contributed by atoms with Crippen molar-refractivity contribution in [1.29, 1.82) is 0 Å². The molecule has 1 unspecified atom stereocenters. The van der Waals surface area contributed by atoms with Crippen molar-refractivity contribution in [3.63, 3.8) is 0 Å². The number of carbonyl (C=O) groups is 1. The van der Waals surface area contributed by atoms with Gasteiger partial charge in [0.25, 0.3) is 0 Å². The van der Waals surface area contributed by atoms with Gasteiger partial charge in [0, 0.05) is 24.0 Å². The van der Waals surface area contributed by atoms with Gasteiger partial charge in [0.15, 0.2) is 0 Å². The first-order valence-electron chi connectivity index (χ1n) is 8.34. The number of H-pyrrole nitrogens is 1. The van der Waals surface area contributed by atoms with E-state index in [1.165, 1.54) is 0 Å². The molecule has 7 heteroatoms. The van der Waals surface area contributed by atoms with Gasteiger partial charge in [-0.15, -0.1) is 0 Å². The highest BCUT2D eigenvalue weighted by molar-refractivity contribution is 7.07. The zero-order valence-corrected chi connectivity index (χ0v) is 15.4. The van der Waals surface area contributed by atoms with Crippen molar-refractivity contribution >= 4 is 28.3 Å². The highest BCUT2D eigenvalue weighted by atomic mass is 32.1. The van der Waals surface area contributed by atoms with Gasteiger partial charge in [0.2, 0.25) is 5.91 Å². The Labute approximate surface area is 149 Å². The fraction of sp³-hybridized carbons (Fsp3) is 0.389. The average Bonchev–Trinajstić information content (AvgIpc) is 3.14. The van der Waals surface area contributed by atoms with Crippen LogP contribution in [0.3, 0.4) is 0 Å². The van der Waals surface area contributed by atoms with Crippen LogP contribution in [0, 0.1) is 12.8 Å². The number of para-hydroxylation sites is 2. The SMILES string of the molecule is Cc1csc(=O)n1CCC(=O)NC(c1nc2ccccc2[nH]1)C(C)C. The Morgan fingerprint density at radius 2 is 2.12 bits per heavy atom. The number of fused-ring (bicyclic) bond motifs is 1. The maximum atomic E-state index is 12.4. The van der Waals surface area contributed by atoms with E-state index >= 15 is 0 Å². The van der Waals surface area contributed by atoms with Gasteiger partial charge in [-0.25, -0.2) is 4.98 Å². The summed E-state index contributed by atoms with van der Waals surface area (Å²) in [5.41, 5.74) is 2.73. The van der Waals surface area contributed by atoms with Gasteiger partial charge in [-0.2, -0.15) is 0 Å². The van der Waals surface area contributed by atoms with Gasteiger partial charge in [0.05, 0.1) is 17.1 Å². The third-order valence-electron chi connectivity index (χ3n) is 4.22. The molecule has 0 fully saturated rings. The molecule has 132 valence electrons. The van der Waals surface area contributed by atoms with Crippen LogP contribution in [0.25, 0.3) is 11.0 Å². The maximum absolute atomic E-state index is 12.4. The second-order valence-corrected chi connectivity index (χ2v) is 7.29. The molecule has 2 aromatic heterocycles. The predicted octanol–water partition coefficient (Wildman–Crippen LogP) is 3.00. The molecular formula is C18H22N4O2S. The molecule has 1 atom stereocenters. The maximum Gasteiger partial charge on any atom is 0.307 e. The molecule has 2 heterocycles. The summed E-state index contributed by atoms with van der Waals surface area (Å²) in [6.07, 6.45) is 0.265. The number of aromatic amines is 1. The van der Waals surface area contributed by atoms with Crippen molar-refractivity contribution < 1.29 is 4.79 Å². The monoisotopic (exact) mass is 358 g/mol. The highest BCUT2D eigenvalue weighted by Crippen LogP contribution is 2.22. The number of carbonyl (C=O) groups excluding carboxylic acids is 1. The quantitative estimate of drug-likeness (QED) is 0.711. The zero-order chi connectivity index (χ0) is 18.0. The third kappa shape index (κ3) is 3.82. The fourth-order valence-corrected chi connectivity index (χ4v) is 3.57. The van der Waals surface area contributed by atoms with Crippen molar-refractivity contribution in [3.05, 3.63) is 50.8 Å². The summed E-state index contributed by atoms with van der Waals surface area (Å²) < 4.78 is 1.63. The van der Waals surface area contributed by atoms with Crippen LogP contribution in [0.4, 0.5) is 0 Å². The molecule has 25 heavy (non-hydrogen) atoms. The summed E-state index contributed by atoms with van der Waals surface area (Å²) in [4.78, 5) is 32.0. The van der Waals surface area contributed by atoms with Crippen molar-refractivity contribution in [2.24, 2.45) is 5.92 Å². The summed E-state index contributed by atoms with van der Waals surface area (Å²) in [6, 6.07) is 7.61. The van der Waals surface area contributed by atoms with Gasteiger partial charge in [0.1, 0.15) is 5.82 Å². The minimum atomic E-state index is -0.194. The van der Waals surface area contributed by atoms with Crippen LogP contribution in [-0.2, 0) is 11.3 Å². The summed E-state index contributed by atoms with van der Waals surface area (Å²) in [5, 5.41) is 4.86. The van der Waals surface area contributed by atoms with E-state index in [1.54, 1.807) is 4.57 Å². The number of hydrogen-bond acceptors (Lipinski definition) is 4. The molecule has 3 aromatic rings. The Kier molecular flexibility index (Phi) is 5.03. The Morgan fingerprint density at radius 3 is 2.76 bits per heavy atom. The van der Waals surface area contributed by atoms with Gasteiger partial charge in [-0.05, 0) is 25.0 Å². The molecule has 0 aliphatic heterocycles. The van der Waals surface area contributed by atoms with Crippen molar-refractivity contribution in [3.8, 4) is 0 Å². The van der Waals surface area contributed by atoms with Crippen LogP contribution < -0.4 is 10.2 Å². The van der Waals surface area contributed by atoms with Crippen molar-refractivity contribution in [2.45, 2.75) is 39.8 Å². The molecule has 6 nitrogen and oxygen atoms in total. The average molecular weight is 358 g/mol. The summed E-state index contributed by atoms with van der Waals surface area (Å²) in [7, 11) is 0. The van der Waals surface area contributed by atoms with E-state index in [4.69, 9.17) is 0 Å². The van der Waals surface area contributed by atoms with E-state index in [-0.39, 0.29) is 29.2 Å². The second kappa shape index (κ2) is 7.23. The van der Waals surface area contributed by atoms with E-state index in [0.717, 1.165) is 33.9 Å². The van der Waals surface area contributed by atoms with Crippen LogP contribution in [0.15, 0.2) is 34.4 Å². The number of aryl methyl sites for hydroxylation is 1. The highest BCUT2D eigenvalue weighted by Gasteiger charge is 2.21. The van der Waals surface area contributed by atoms with Crippen LogP contribution in [-0.4, -0.2) is 20.4 Å². The van der Waals surface area contributed by atoms with E-state index in [2.05, 4.69) is 15.3 Å². The lowest BCUT2D eigenvalue weighted by atomic mass is 10.0. The minimum Gasteiger partial charge on any atom is -0.346 e. The number of nitrogens with zero attached hydrogens (tertiary/aromatic N) is 2. The standard InChI is InChI=1S/C18H22N4O2S/c1-11(2)16(17-19-13-6-4-5-7-14(13)20-17)21-15(23)8-9-22-12(3)10-25-18(22)24/h4-7,10-11,16H,8-9H2,1-3H3,(H,19,20)(H,21,23). The Bertz CT molecular complexity index is 905. The van der Waals surface area contributed by atoms with Crippen LogP contribution in [0.1, 0.15) is 37.8 Å². The Hall–Kier alpha value is -2.41. The van der Waals surface area contributed by atoms with E-state index in [9.17, 15) is 9.59 Å². The molecule has 0 saturated heterocycles. The number of nitrogens with one attached hydrogen (secondary N) is 2. The number of imidazole rings is 1. The molecule has 0 bridgehead atoms. The largest absolute Gasteiger partial charge is 0.346 e. The number of benzene rings is 1. The lowest BCUT2D eigenvalue weighted by Crippen LogP contribution is -2.33. The first kappa shape index (κ1) is 17.4. The molecule has 0 radical (unpaired) electrons. The van der Waals surface area contributed by atoms with Gasteiger partial charge in [-0.1, -0.05) is 37.3 Å². The molecule has 0 aliphatic carbocycles. The smallest absolute Gasteiger partial charge is 0.307 e. The van der Waals surface area contributed by atoms with Crippen LogP contribution in [0.2, 0.25) is 0 Å². The second-order valence-electron chi connectivity index (χ2n) is 6.47. The first-order valence-corrected chi connectivity index (χ1v) is 9.22. The zero-order valence-electron chi connectivity index (χ0n) is 14.6. The minimum absolute atomic E-state index is 0.0250. The molecule has 0 aliphatic rings. The molecule has 1 amide bonds. The molecule has 1 aromatic carbocycles. The molecule has 3 rings (SSSR count). The first-order chi connectivity index (χ1) is 12.0. The lowest BCUT2D eigenvalue weighted by Gasteiger charge is -2.20. The van der Waals surface area contributed by atoms with Crippen LogP contribution >= 0.6 is 11.3 Å². The van der Waals surface area contributed by atoms with Crippen molar-refractivity contribution in [2.75, 3.05) is 0 Å². The number of hydrogen-bond donors (Lipinski definition) is 2. The molecular weight excluding hydrogens is 336 g/mol. The van der Waals surface area contributed by atoms with E-state index < -0.39 is 0 Å². The Morgan fingerprint density at radius 1 is 1.36 bits per heavy atom. The van der Waals surface area contributed by atoms with Gasteiger partial charge >= 0.3 is 4.87 Å². The predicted molar refractivity (Wildman–Crippen MR) is 99.7 cm³/mol. The number of thiazole rings is 1. The van der Waals surface area contributed by atoms with E-state index in [1.807, 2.05) is 50.4 Å². The number of amides is 1. The van der Waals surface area contributed by atoms with Crippen LogP contribution in [0.5, 0.6) is 0 Å². The van der Waals surface area contributed by atoms with E-state index in [0.29, 0.717) is 6.54 Å².